The van der Waals surface area contributed by atoms with E-state index in [0.29, 0.717) is 24.9 Å². The molecule has 1 heterocycles. The topological polar surface area (TPSA) is 84.0 Å². The Morgan fingerprint density at radius 2 is 2.39 bits per heavy atom. The number of ether oxygens (including phenoxy) is 1. The molecule has 0 spiro atoms. The van der Waals surface area contributed by atoms with E-state index >= 15 is 0 Å². The van der Waals surface area contributed by atoms with Crippen molar-refractivity contribution >= 4 is 11.7 Å². The van der Waals surface area contributed by atoms with Gasteiger partial charge >= 0.3 is 0 Å². The lowest BCUT2D eigenvalue weighted by Gasteiger charge is -2.23. The lowest BCUT2D eigenvalue weighted by Crippen LogP contribution is -2.30. The lowest BCUT2D eigenvalue weighted by atomic mass is 10.3. The number of anilines is 1. The first-order valence-electron chi connectivity index (χ1n) is 5.98. The van der Waals surface area contributed by atoms with Gasteiger partial charge in [0.15, 0.2) is 0 Å². The van der Waals surface area contributed by atoms with Crippen LogP contribution in [-0.2, 0) is 0 Å². The third-order valence-electron chi connectivity index (χ3n) is 2.94. The third-order valence-corrected chi connectivity index (χ3v) is 2.94. The maximum Gasteiger partial charge on any atom is 0.214 e. The van der Waals surface area contributed by atoms with E-state index in [0.717, 1.165) is 18.7 Å². The molecule has 0 bridgehead atoms. The SMILES string of the molecule is COc1cccc(N(CCC(N)=NO)C2CC2)n1. The van der Waals surface area contributed by atoms with Crippen LogP contribution in [-0.4, -0.2) is 35.7 Å². The molecular weight excluding hydrogens is 232 g/mol. The second kappa shape index (κ2) is 5.57. The van der Waals surface area contributed by atoms with Gasteiger partial charge in [0.25, 0.3) is 0 Å². The second-order valence-corrected chi connectivity index (χ2v) is 4.30. The van der Waals surface area contributed by atoms with Crippen LogP contribution in [0.1, 0.15) is 19.3 Å². The maximum atomic E-state index is 8.56. The molecule has 0 atom stereocenters. The summed E-state index contributed by atoms with van der Waals surface area (Å²) < 4.78 is 5.13. The monoisotopic (exact) mass is 250 g/mol. The van der Waals surface area contributed by atoms with Gasteiger partial charge in [0.1, 0.15) is 11.7 Å². The Balaban J connectivity index is 2.08. The summed E-state index contributed by atoms with van der Waals surface area (Å²) in [6, 6.07) is 6.20. The number of hydrogen-bond acceptors (Lipinski definition) is 5. The molecule has 6 heteroatoms. The van der Waals surface area contributed by atoms with Crippen LogP contribution < -0.4 is 15.4 Å². The quantitative estimate of drug-likeness (QED) is 0.343. The standard InChI is InChI=1S/C12H18N4O2/c1-18-12-4-2-3-11(14-12)16(9-5-6-9)8-7-10(13)15-17/h2-4,9,17H,5-8H2,1H3,(H2,13,15). The number of amidine groups is 1. The first-order chi connectivity index (χ1) is 8.74. The van der Waals surface area contributed by atoms with Crippen LogP contribution in [0.5, 0.6) is 5.88 Å². The average Bonchev–Trinajstić information content (AvgIpc) is 3.23. The molecule has 6 nitrogen and oxygen atoms in total. The summed E-state index contributed by atoms with van der Waals surface area (Å²) in [4.78, 5) is 6.60. The second-order valence-electron chi connectivity index (χ2n) is 4.30. The van der Waals surface area contributed by atoms with Crippen molar-refractivity contribution < 1.29 is 9.94 Å². The molecule has 3 N–H and O–H groups in total. The van der Waals surface area contributed by atoms with Gasteiger partial charge in [0.05, 0.1) is 7.11 Å². The smallest absolute Gasteiger partial charge is 0.214 e. The highest BCUT2D eigenvalue weighted by molar-refractivity contribution is 5.80. The number of nitrogens with two attached hydrogens (primary N) is 1. The molecule has 18 heavy (non-hydrogen) atoms. The van der Waals surface area contributed by atoms with Crippen molar-refractivity contribution in [3.8, 4) is 5.88 Å². The van der Waals surface area contributed by atoms with Crippen molar-refractivity contribution in [2.45, 2.75) is 25.3 Å². The fourth-order valence-corrected chi connectivity index (χ4v) is 1.83. The Bertz CT molecular complexity index is 432. The first kappa shape index (κ1) is 12.5. The van der Waals surface area contributed by atoms with Crippen LogP contribution in [0, 0.1) is 0 Å². The molecule has 1 aliphatic carbocycles. The summed E-state index contributed by atoms with van der Waals surface area (Å²) in [7, 11) is 1.60. The summed E-state index contributed by atoms with van der Waals surface area (Å²) >= 11 is 0. The summed E-state index contributed by atoms with van der Waals surface area (Å²) in [5.74, 6) is 1.72. The van der Waals surface area contributed by atoms with E-state index in [4.69, 9.17) is 15.7 Å². The number of hydrogen-bond donors (Lipinski definition) is 2. The van der Waals surface area contributed by atoms with E-state index in [1.165, 1.54) is 0 Å². The molecule has 98 valence electrons. The maximum absolute atomic E-state index is 8.56. The normalized spacial score (nSPS) is 15.5. The van der Waals surface area contributed by atoms with Gasteiger partial charge in [-0.2, -0.15) is 4.98 Å². The zero-order valence-corrected chi connectivity index (χ0v) is 10.4. The third kappa shape index (κ3) is 3.03. The fourth-order valence-electron chi connectivity index (χ4n) is 1.83. The molecule has 0 saturated heterocycles. The molecule has 1 aliphatic rings. The van der Waals surface area contributed by atoms with Crippen LogP contribution >= 0.6 is 0 Å². The van der Waals surface area contributed by atoms with Crippen molar-refractivity contribution in [3.63, 3.8) is 0 Å². The molecule has 2 rings (SSSR count). The number of aromatic nitrogens is 1. The van der Waals surface area contributed by atoms with Gasteiger partial charge in [0, 0.05) is 25.1 Å². The minimum Gasteiger partial charge on any atom is -0.481 e. The zero-order chi connectivity index (χ0) is 13.0. The van der Waals surface area contributed by atoms with Crippen LogP contribution in [0.2, 0.25) is 0 Å². The Morgan fingerprint density at radius 3 is 3.00 bits per heavy atom. The molecule has 1 saturated carbocycles. The van der Waals surface area contributed by atoms with E-state index < -0.39 is 0 Å². The highest BCUT2D eigenvalue weighted by atomic mass is 16.5. The van der Waals surface area contributed by atoms with E-state index in [9.17, 15) is 0 Å². The van der Waals surface area contributed by atoms with Gasteiger partial charge in [0.2, 0.25) is 5.88 Å². The number of nitrogens with zero attached hydrogens (tertiary/aromatic N) is 3. The highest BCUT2D eigenvalue weighted by Gasteiger charge is 2.30. The van der Waals surface area contributed by atoms with E-state index in [1.54, 1.807) is 7.11 Å². The number of oxime groups is 1. The molecule has 1 aromatic heterocycles. The Morgan fingerprint density at radius 1 is 1.61 bits per heavy atom. The molecule has 0 aliphatic heterocycles. The Hall–Kier alpha value is -1.98. The van der Waals surface area contributed by atoms with Crippen molar-refractivity contribution in [2.24, 2.45) is 10.9 Å². The van der Waals surface area contributed by atoms with Crippen LogP contribution in [0.25, 0.3) is 0 Å². The predicted octanol–water partition coefficient (Wildman–Crippen LogP) is 1.20. The van der Waals surface area contributed by atoms with E-state index in [2.05, 4.69) is 15.0 Å². The average molecular weight is 250 g/mol. The molecule has 1 fully saturated rings. The fraction of sp³-hybridized carbons (Fsp3) is 0.500. The van der Waals surface area contributed by atoms with Gasteiger partial charge in [-0.25, -0.2) is 0 Å². The molecular formula is C12H18N4O2. The predicted molar refractivity (Wildman–Crippen MR) is 69.2 cm³/mol. The van der Waals surface area contributed by atoms with Gasteiger partial charge < -0.3 is 20.6 Å². The summed E-state index contributed by atoms with van der Waals surface area (Å²) in [5, 5.41) is 11.6. The minimum absolute atomic E-state index is 0.239. The Labute approximate surface area is 106 Å². The van der Waals surface area contributed by atoms with Crippen LogP contribution in [0.3, 0.4) is 0 Å². The molecule has 0 amide bonds. The zero-order valence-electron chi connectivity index (χ0n) is 10.4. The van der Waals surface area contributed by atoms with Crippen LogP contribution in [0.15, 0.2) is 23.4 Å². The summed E-state index contributed by atoms with van der Waals surface area (Å²) in [6.07, 6.45) is 2.84. The van der Waals surface area contributed by atoms with Gasteiger partial charge in [-0.05, 0) is 18.9 Å². The van der Waals surface area contributed by atoms with E-state index in [1.807, 2.05) is 18.2 Å². The highest BCUT2D eigenvalue weighted by Crippen LogP contribution is 2.31. The molecule has 1 aromatic rings. The number of rotatable bonds is 6. The largest absolute Gasteiger partial charge is 0.481 e. The number of methoxy groups -OCH3 is 1. The van der Waals surface area contributed by atoms with Crippen molar-refractivity contribution in [1.29, 1.82) is 0 Å². The van der Waals surface area contributed by atoms with Crippen molar-refractivity contribution in [1.82, 2.24) is 4.98 Å². The molecule has 0 aromatic carbocycles. The first-order valence-corrected chi connectivity index (χ1v) is 5.98. The van der Waals surface area contributed by atoms with E-state index in [-0.39, 0.29) is 5.84 Å². The van der Waals surface area contributed by atoms with Gasteiger partial charge in [-0.15, -0.1) is 0 Å². The molecule has 0 unspecified atom stereocenters. The summed E-state index contributed by atoms with van der Waals surface area (Å²) in [5.41, 5.74) is 5.50. The van der Waals surface area contributed by atoms with Gasteiger partial charge in [-0.1, -0.05) is 11.2 Å². The number of pyridine rings is 1. The lowest BCUT2D eigenvalue weighted by molar-refractivity contribution is 0.317. The minimum atomic E-state index is 0.239. The Kier molecular flexibility index (Phi) is 3.86. The van der Waals surface area contributed by atoms with Crippen molar-refractivity contribution in [3.05, 3.63) is 18.2 Å². The molecule has 0 radical (unpaired) electrons. The van der Waals surface area contributed by atoms with Crippen LogP contribution in [0.4, 0.5) is 5.82 Å². The van der Waals surface area contributed by atoms with Crippen molar-refractivity contribution in [2.75, 3.05) is 18.6 Å². The van der Waals surface area contributed by atoms with Gasteiger partial charge in [-0.3, -0.25) is 0 Å². The summed E-state index contributed by atoms with van der Waals surface area (Å²) in [6.45, 7) is 0.695.